The number of sulfonamides is 1. The fourth-order valence-electron chi connectivity index (χ4n) is 2.28. The molecule has 1 aliphatic rings. The highest BCUT2D eigenvalue weighted by molar-refractivity contribution is 7.89. The number of nitrogens with one attached hydrogen (secondary N) is 1. The van der Waals surface area contributed by atoms with Crippen LogP contribution in [-0.2, 0) is 14.8 Å². The summed E-state index contributed by atoms with van der Waals surface area (Å²) in [4.78, 5) is 13.9. The van der Waals surface area contributed by atoms with Gasteiger partial charge in [-0.15, -0.1) is 12.4 Å². The summed E-state index contributed by atoms with van der Waals surface area (Å²) in [5.41, 5.74) is 5.79. The van der Waals surface area contributed by atoms with Gasteiger partial charge >= 0.3 is 0 Å². The number of benzene rings is 1. The molecule has 0 aromatic heterocycles. The summed E-state index contributed by atoms with van der Waals surface area (Å²) < 4.78 is 26.4. The molecule has 1 aromatic rings. The van der Waals surface area contributed by atoms with E-state index in [0.717, 1.165) is 12.8 Å². The molecule has 0 atom stereocenters. The number of hydrogen-bond acceptors (Lipinski definition) is 4. The Balaban J connectivity index is 0.00000242. The minimum Gasteiger partial charge on any atom is -0.343 e. The number of halogens is 1. The molecule has 2 rings (SSSR count). The largest absolute Gasteiger partial charge is 0.343 e. The van der Waals surface area contributed by atoms with E-state index < -0.39 is 10.0 Å². The van der Waals surface area contributed by atoms with Crippen molar-refractivity contribution < 1.29 is 13.2 Å². The van der Waals surface area contributed by atoms with E-state index in [4.69, 9.17) is 5.73 Å². The second kappa shape index (κ2) is 8.47. The molecule has 8 heteroatoms. The first-order valence-electron chi connectivity index (χ1n) is 7.07. The molecular weight excluding hydrogens is 326 g/mol. The van der Waals surface area contributed by atoms with Crippen LogP contribution in [0.5, 0.6) is 0 Å². The highest BCUT2D eigenvalue weighted by Crippen LogP contribution is 2.10. The van der Waals surface area contributed by atoms with E-state index in [2.05, 4.69) is 4.72 Å². The molecule has 1 fully saturated rings. The zero-order chi connectivity index (χ0) is 15.3. The molecule has 1 aromatic carbocycles. The number of carbonyl (C=O) groups is 1. The number of nitrogens with zero attached hydrogens (tertiary/aromatic N) is 1. The Kier molecular flexibility index (Phi) is 7.28. The van der Waals surface area contributed by atoms with Gasteiger partial charge < -0.3 is 10.6 Å². The minimum atomic E-state index is -3.54. The van der Waals surface area contributed by atoms with Crippen molar-refractivity contribution in [1.29, 1.82) is 0 Å². The Hall–Kier alpha value is -1.15. The molecule has 0 radical (unpaired) electrons. The first-order valence-corrected chi connectivity index (χ1v) is 8.55. The third-order valence-corrected chi connectivity index (χ3v) is 5.05. The Morgan fingerprint density at radius 1 is 1.23 bits per heavy atom. The molecule has 1 amide bonds. The summed E-state index contributed by atoms with van der Waals surface area (Å²) in [6.07, 6.45) is 1.78. The lowest BCUT2D eigenvalue weighted by Crippen LogP contribution is -2.43. The van der Waals surface area contributed by atoms with Crippen molar-refractivity contribution in [2.75, 3.05) is 19.6 Å². The van der Waals surface area contributed by atoms with Gasteiger partial charge in [-0.1, -0.05) is 18.2 Å². The maximum Gasteiger partial charge on any atom is 0.240 e. The summed E-state index contributed by atoms with van der Waals surface area (Å²) in [7, 11) is -3.54. The van der Waals surface area contributed by atoms with Crippen molar-refractivity contribution in [2.45, 2.75) is 30.2 Å². The maximum absolute atomic E-state index is 12.0. The Labute approximate surface area is 137 Å². The van der Waals surface area contributed by atoms with E-state index in [1.807, 2.05) is 0 Å². The average Bonchev–Trinajstić information content (AvgIpc) is 2.48. The summed E-state index contributed by atoms with van der Waals surface area (Å²) in [6, 6.07) is 8.30. The van der Waals surface area contributed by atoms with E-state index in [0.29, 0.717) is 13.1 Å². The van der Waals surface area contributed by atoms with Gasteiger partial charge in [-0.2, -0.15) is 0 Å². The fraction of sp³-hybridized carbons (Fsp3) is 0.500. The quantitative estimate of drug-likeness (QED) is 0.821. The topological polar surface area (TPSA) is 92.5 Å². The van der Waals surface area contributed by atoms with Crippen LogP contribution in [0.4, 0.5) is 0 Å². The lowest BCUT2D eigenvalue weighted by Gasteiger charge is -2.30. The average molecular weight is 348 g/mol. The zero-order valence-corrected chi connectivity index (χ0v) is 13.9. The van der Waals surface area contributed by atoms with Crippen molar-refractivity contribution in [3.8, 4) is 0 Å². The van der Waals surface area contributed by atoms with Gasteiger partial charge in [0.05, 0.1) is 4.90 Å². The number of likely N-dealkylation sites (tertiary alicyclic amines) is 1. The van der Waals surface area contributed by atoms with Gasteiger partial charge in [-0.25, -0.2) is 13.1 Å². The summed E-state index contributed by atoms with van der Waals surface area (Å²) >= 11 is 0. The second-order valence-corrected chi connectivity index (χ2v) is 6.95. The number of piperidine rings is 1. The molecule has 1 aliphatic heterocycles. The highest BCUT2D eigenvalue weighted by atomic mass is 35.5. The number of nitrogens with two attached hydrogens (primary N) is 1. The van der Waals surface area contributed by atoms with Crippen molar-refractivity contribution >= 4 is 28.3 Å². The van der Waals surface area contributed by atoms with Crippen molar-refractivity contribution in [3.05, 3.63) is 30.3 Å². The van der Waals surface area contributed by atoms with Crippen molar-refractivity contribution in [2.24, 2.45) is 5.73 Å². The highest BCUT2D eigenvalue weighted by Gasteiger charge is 2.21. The van der Waals surface area contributed by atoms with Crippen LogP contribution in [0.1, 0.15) is 19.3 Å². The summed E-state index contributed by atoms with van der Waals surface area (Å²) in [6.45, 7) is 1.43. The Bertz CT molecular complexity index is 572. The lowest BCUT2D eigenvalue weighted by atomic mass is 10.1. The molecule has 1 heterocycles. The second-order valence-electron chi connectivity index (χ2n) is 5.18. The molecule has 22 heavy (non-hydrogen) atoms. The molecule has 1 saturated heterocycles. The fourth-order valence-corrected chi connectivity index (χ4v) is 3.34. The molecule has 0 spiro atoms. The van der Waals surface area contributed by atoms with Crippen LogP contribution in [0, 0.1) is 0 Å². The van der Waals surface area contributed by atoms with Crippen molar-refractivity contribution in [3.63, 3.8) is 0 Å². The van der Waals surface area contributed by atoms with Gasteiger partial charge in [0.1, 0.15) is 0 Å². The monoisotopic (exact) mass is 347 g/mol. The van der Waals surface area contributed by atoms with Crippen LogP contribution in [0.25, 0.3) is 0 Å². The first kappa shape index (κ1) is 18.9. The SMILES string of the molecule is Cl.NC1CCN(C(=O)CCNS(=O)(=O)c2ccccc2)CC1. The van der Waals surface area contributed by atoms with Gasteiger partial charge in [-0.05, 0) is 25.0 Å². The zero-order valence-electron chi connectivity index (χ0n) is 12.3. The number of amides is 1. The van der Waals surface area contributed by atoms with E-state index in [-0.39, 0.29) is 42.2 Å². The summed E-state index contributed by atoms with van der Waals surface area (Å²) in [5.74, 6) is -0.0299. The van der Waals surface area contributed by atoms with E-state index in [9.17, 15) is 13.2 Å². The number of rotatable bonds is 5. The maximum atomic E-state index is 12.0. The smallest absolute Gasteiger partial charge is 0.240 e. The lowest BCUT2D eigenvalue weighted by molar-refractivity contribution is -0.132. The molecule has 0 saturated carbocycles. The van der Waals surface area contributed by atoms with Crippen LogP contribution in [0.15, 0.2) is 35.2 Å². The predicted octanol–water partition coefficient (Wildman–Crippen LogP) is 0.726. The standard InChI is InChI=1S/C14H21N3O3S.ClH/c15-12-7-10-17(11-8-12)14(18)6-9-16-21(19,20)13-4-2-1-3-5-13;/h1-5,12,16H,6-11,15H2;1H. The van der Waals surface area contributed by atoms with Gasteiger partial charge in [0.25, 0.3) is 0 Å². The van der Waals surface area contributed by atoms with Gasteiger partial charge in [0, 0.05) is 32.1 Å². The molecule has 0 bridgehead atoms. The van der Waals surface area contributed by atoms with Crippen LogP contribution in [-0.4, -0.2) is 44.9 Å². The number of carbonyl (C=O) groups excluding carboxylic acids is 1. The Morgan fingerprint density at radius 2 is 1.82 bits per heavy atom. The normalized spacial score (nSPS) is 16.1. The molecule has 6 nitrogen and oxygen atoms in total. The molecule has 124 valence electrons. The molecular formula is C14H22ClN3O3S. The first-order chi connectivity index (χ1) is 9.99. The third-order valence-electron chi connectivity index (χ3n) is 3.58. The van der Waals surface area contributed by atoms with Crippen LogP contribution in [0.3, 0.4) is 0 Å². The molecule has 0 unspecified atom stereocenters. The minimum absolute atomic E-state index is 0. The molecule has 0 aliphatic carbocycles. The molecule has 3 N–H and O–H groups in total. The van der Waals surface area contributed by atoms with Crippen molar-refractivity contribution in [1.82, 2.24) is 9.62 Å². The van der Waals surface area contributed by atoms with Crippen LogP contribution < -0.4 is 10.5 Å². The van der Waals surface area contributed by atoms with E-state index in [1.54, 1.807) is 23.1 Å². The predicted molar refractivity (Wildman–Crippen MR) is 87.3 cm³/mol. The van der Waals surface area contributed by atoms with E-state index >= 15 is 0 Å². The third kappa shape index (κ3) is 5.24. The van der Waals surface area contributed by atoms with Gasteiger partial charge in [-0.3, -0.25) is 4.79 Å². The number of hydrogen-bond donors (Lipinski definition) is 2. The van der Waals surface area contributed by atoms with Gasteiger partial charge in [0.2, 0.25) is 15.9 Å². The van der Waals surface area contributed by atoms with Crippen LogP contribution >= 0.6 is 12.4 Å². The van der Waals surface area contributed by atoms with E-state index in [1.165, 1.54) is 12.1 Å². The van der Waals surface area contributed by atoms with Gasteiger partial charge in [0.15, 0.2) is 0 Å². The van der Waals surface area contributed by atoms with Crippen LogP contribution in [0.2, 0.25) is 0 Å². The summed E-state index contributed by atoms with van der Waals surface area (Å²) in [5, 5.41) is 0. The Morgan fingerprint density at radius 3 is 2.41 bits per heavy atom.